The molecule has 0 N–H and O–H groups in total. The summed E-state index contributed by atoms with van der Waals surface area (Å²) < 4.78 is 4.00. The molecule has 4 aromatic rings. The number of imidazole rings is 1. The minimum Gasteiger partial charge on any atom is -0.299 e. The van der Waals surface area contributed by atoms with E-state index in [2.05, 4.69) is 61.8 Å². The highest BCUT2D eigenvalue weighted by Crippen LogP contribution is 2.29. The highest BCUT2D eigenvalue weighted by atomic mass is 15.4. The van der Waals surface area contributed by atoms with Crippen LogP contribution in [0.25, 0.3) is 11.4 Å². The van der Waals surface area contributed by atoms with Crippen LogP contribution in [0.3, 0.4) is 0 Å². The standard InChI is InChI=1S/C21H16N6/c1-14-3-6-19-21(8-14)27-17(12-24-25-27)9-20-18(23-13-26(19)20)5-4-16-7-15(2)10-22-11-16/h3,6-8,10-13H,9H2,1-2H3. The molecule has 1 aliphatic rings. The molecule has 0 bridgehead atoms. The van der Waals surface area contributed by atoms with Crippen molar-refractivity contribution < 1.29 is 0 Å². The molecule has 0 aliphatic carbocycles. The maximum atomic E-state index is 4.57. The molecule has 3 aromatic heterocycles. The number of aromatic nitrogens is 6. The molecule has 0 atom stereocenters. The smallest absolute Gasteiger partial charge is 0.135 e. The van der Waals surface area contributed by atoms with E-state index in [1.807, 2.05) is 30.2 Å². The Morgan fingerprint density at radius 1 is 0.963 bits per heavy atom. The molecule has 0 unspecified atom stereocenters. The first-order chi connectivity index (χ1) is 13.2. The molecule has 1 aromatic carbocycles. The van der Waals surface area contributed by atoms with Crippen LogP contribution in [0.5, 0.6) is 0 Å². The van der Waals surface area contributed by atoms with Gasteiger partial charge in [-0.25, -0.2) is 9.67 Å². The molecule has 4 heterocycles. The van der Waals surface area contributed by atoms with Crippen molar-refractivity contribution in [2.45, 2.75) is 20.3 Å². The van der Waals surface area contributed by atoms with E-state index in [0.717, 1.165) is 39.6 Å². The molecule has 0 spiro atoms. The lowest BCUT2D eigenvalue weighted by Gasteiger charge is -2.10. The van der Waals surface area contributed by atoms with Gasteiger partial charge in [0.15, 0.2) is 0 Å². The van der Waals surface area contributed by atoms with Gasteiger partial charge in [-0.05, 0) is 49.1 Å². The fourth-order valence-corrected chi connectivity index (χ4v) is 3.37. The van der Waals surface area contributed by atoms with Crippen LogP contribution in [0, 0.1) is 25.7 Å². The van der Waals surface area contributed by atoms with Crippen molar-refractivity contribution in [1.29, 1.82) is 0 Å². The summed E-state index contributed by atoms with van der Waals surface area (Å²) in [5.74, 6) is 6.40. The predicted molar refractivity (Wildman–Crippen MR) is 101 cm³/mol. The lowest BCUT2D eigenvalue weighted by molar-refractivity contribution is 0.777. The summed E-state index contributed by atoms with van der Waals surface area (Å²) in [7, 11) is 0. The molecule has 6 heteroatoms. The van der Waals surface area contributed by atoms with Crippen LogP contribution in [0.1, 0.15) is 33.8 Å². The number of nitrogens with zero attached hydrogens (tertiary/aromatic N) is 6. The predicted octanol–water partition coefficient (Wildman–Crippen LogP) is 2.77. The van der Waals surface area contributed by atoms with Gasteiger partial charge in [-0.1, -0.05) is 17.2 Å². The van der Waals surface area contributed by atoms with Crippen molar-refractivity contribution in [3.8, 4) is 23.2 Å². The molecule has 0 amide bonds. The topological polar surface area (TPSA) is 61.4 Å². The van der Waals surface area contributed by atoms with Gasteiger partial charge in [0.05, 0.1) is 29.0 Å². The van der Waals surface area contributed by atoms with Gasteiger partial charge in [0.1, 0.15) is 12.0 Å². The maximum absolute atomic E-state index is 4.57. The summed E-state index contributed by atoms with van der Waals surface area (Å²) >= 11 is 0. The van der Waals surface area contributed by atoms with Crippen LogP contribution >= 0.6 is 0 Å². The van der Waals surface area contributed by atoms with Gasteiger partial charge in [0, 0.05) is 24.4 Å². The van der Waals surface area contributed by atoms with Gasteiger partial charge < -0.3 is 0 Å². The molecule has 5 rings (SSSR count). The summed E-state index contributed by atoms with van der Waals surface area (Å²) in [4.78, 5) is 8.77. The Bertz CT molecular complexity index is 1240. The fraction of sp³-hybridized carbons (Fsp3) is 0.143. The SMILES string of the molecule is Cc1cncc(C#Cc2ncn3c2Cc2cnnn2-c2cc(C)ccc2-3)c1. The molecular weight excluding hydrogens is 336 g/mol. The Kier molecular flexibility index (Phi) is 3.41. The van der Waals surface area contributed by atoms with Crippen LogP contribution in [-0.2, 0) is 6.42 Å². The third-order valence-corrected chi connectivity index (χ3v) is 4.65. The quantitative estimate of drug-likeness (QED) is 0.402. The Balaban J connectivity index is 1.67. The van der Waals surface area contributed by atoms with E-state index in [-0.39, 0.29) is 0 Å². The van der Waals surface area contributed by atoms with E-state index in [1.165, 1.54) is 5.56 Å². The van der Waals surface area contributed by atoms with E-state index < -0.39 is 0 Å². The monoisotopic (exact) mass is 352 g/mol. The lowest BCUT2D eigenvalue weighted by atomic mass is 10.2. The molecule has 0 fully saturated rings. The zero-order valence-electron chi connectivity index (χ0n) is 15.0. The van der Waals surface area contributed by atoms with Crippen LogP contribution in [0.4, 0.5) is 0 Å². The summed E-state index contributed by atoms with van der Waals surface area (Å²) in [6.07, 6.45) is 7.89. The summed E-state index contributed by atoms with van der Waals surface area (Å²) in [6, 6.07) is 8.32. The summed E-state index contributed by atoms with van der Waals surface area (Å²) in [5.41, 5.74) is 7.98. The van der Waals surface area contributed by atoms with E-state index in [9.17, 15) is 0 Å². The third kappa shape index (κ3) is 2.61. The van der Waals surface area contributed by atoms with Crippen LogP contribution in [0.2, 0.25) is 0 Å². The van der Waals surface area contributed by atoms with Gasteiger partial charge in [-0.15, -0.1) is 5.10 Å². The lowest BCUT2D eigenvalue weighted by Crippen LogP contribution is -2.03. The molecular formula is C21H16N6. The minimum atomic E-state index is 0.664. The summed E-state index contributed by atoms with van der Waals surface area (Å²) in [5, 5.41) is 8.39. The Hall–Kier alpha value is -3.72. The first-order valence-corrected chi connectivity index (χ1v) is 8.70. The zero-order valence-corrected chi connectivity index (χ0v) is 15.0. The van der Waals surface area contributed by atoms with E-state index in [4.69, 9.17) is 0 Å². The first-order valence-electron chi connectivity index (χ1n) is 8.70. The van der Waals surface area contributed by atoms with Crippen molar-refractivity contribution in [2.75, 3.05) is 0 Å². The van der Waals surface area contributed by atoms with Crippen molar-refractivity contribution >= 4 is 0 Å². The van der Waals surface area contributed by atoms with Gasteiger partial charge in [-0.2, -0.15) is 0 Å². The fourth-order valence-electron chi connectivity index (χ4n) is 3.37. The number of benzene rings is 1. The maximum Gasteiger partial charge on any atom is 0.135 e. The van der Waals surface area contributed by atoms with Gasteiger partial charge in [0.25, 0.3) is 0 Å². The Labute approximate surface area is 156 Å². The van der Waals surface area contributed by atoms with E-state index >= 15 is 0 Å². The van der Waals surface area contributed by atoms with E-state index in [1.54, 1.807) is 12.4 Å². The van der Waals surface area contributed by atoms with Gasteiger partial charge >= 0.3 is 0 Å². The van der Waals surface area contributed by atoms with Crippen LogP contribution < -0.4 is 0 Å². The molecule has 1 aliphatic heterocycles. The van der Waals surface area contributed by atoms with E-state index in [0.29, 0.717) is 6.42 Å². The highest BCUT2D eigenvalue weighted by molar-refractivity contribution is 5.58. The average molecular weight is 352 g/mol. The Morgan fingerprint density at radius 2 is 1.89 bits per heavy atom. The molecule has 27 heavy (non-hydrogen) atoms. The number of aryl methyl sites for hydroxylation is 2. The van der Waals surface area contributed by atoms with Crippen molar-refractivity contribution in [3.63, 3.8) is 0 Å². The number of rotatable bonds is 0. The largest absolute Gasteiger partial charge is 0.299 e. The van der Waals surface area contributed by atoms with Crippen molar-refractivity contribution in [2.24, 2.45) is 0 Å². The molecule has 0 saturated carbocycles. The molecule has 6 nitrogen and oxygen atoms in total. The average Bonchev–Trinajstić information content (AvgIpc) is 3.25. The number of hydrogen-bond donors (Lipinski definition) is 0. The highest BCUT2D eigenvalue weighted by Gasteiger charge is 2.22. The Morgan fingerprint density at radius 3 is 2.78 bits per heavy atom. The third-order valence-electron chi connectivity index (χ3n) is 4.65. The second-order valence-electron chi connectivity index (χ2n) is 6.72. The van der Waals surface area contributed by atoms with Crippen LogP contribution in [-0.4, -0.2) is 29.5 Å². The first kappa shape index (κ1) is 15.5. The normalized spacial score (nSPS) is 11.6. The van der Waals surface area contributed by atoms with Gasteiger partial charge in [-0.3, -0.25) is 9.55 Å². The van der Waals surface area contributed by atoms with Crippen molar-refractivity contribution in [3.05, 3.63) is 83.0 Å². The zero-order chi connectivity index (χ0) is 18.4. The van der Waals surface area contributed by atoms with Crippen LogP contribution in [0.15, 0.2) is 49.2 Å². The number of pyridine rings is 1. The second-order valence-corrected chi connectivity index (χ2v) is 6.72. The van der Waals surface area contributed by atoms with Crippen molar-refractivity contribution in [1.82, 2.24) is 29.5 Å². The number of fused-ring (bicyclic) bond motifs is 5. The number of hydrogen-bond acceptors (Lipinski definition) is 4. The summed E-state index contributed by atoms with van der Waals surface area (Å²) in [6.45, 7) is 4.08. The second kappa shape index (κ2) is 5.92. The minimum absolute atomic E-state index is 0.664. The molecule has 0 saturated heterocycles. The molecule has 130 valence electrons. The molecule has 0 radical (unpaired) electrons. The van der Waals surface area contributed by atoms with Gasteiger partial charge in [0.2, 0.25) is 0 Å².